The lowest BCUT2D eigenvalue weighted by atomic mass is 9.92. The van der Waals surface area contributed by atoms with E-state index in [1.54, 1.807) is 0 Å². The van der Waals surface area contributed by atoms with Crippen molar-refractivity contribution in [2.75, 3.05) is 18.4 Å². The number of anilines is 1. The van der Waals surface area contributed by atoms with Crippen molar-refractivity contribution in [1.82, 2.24) is 5.32 Å². The van der Waals surface area contributed by atoms with E-state index in [4.69, 9.17) is 0 Å². The molecular weight excluding hydrogens is 196 g/mol. The Morgan fingerprint density at radius 3 is 2.94 bits per heavy atom. The van der Waals surface area contributed by atoms with E-state index in [0.717, 1.165) is 12.6 Å². The Bertz CT molecular complexity index is 358. The molecule has 2 N–H and O–H groups in total. The number of hydrogen-bond donors (Lipinski definition) is 2. The lowest BCUT2D eigenvalue weighted by Gasteiger charge is -2.27. The van der Waals surface area contributed by atoms with Crippen LogP contribution in [0.25, 0.3) is 0 Å². The molecule has 0 aromatic heterocycles. The summed E-state index contributed by atoms with van der Waals surface area (Å²) in [6, 6.07) is 9.54. The molecular formula is C14H20N2. The predicted molar refractivity (Wildman–Crippen MR) is 67.9 cm³/mol. The van der Waals surface area contributed by atoms with Gasteiger partial charge in [-0.1, -0.05) is 24.6 Å². The van der Waals surface area contributed by atoms with Gasteiger partial charge in [-0.15, -0.1) is 0 Å². The van der Waals surface area contributed by atoms with Crippen LogP contribution in [0.4, 0.5) is 5.69 Å². The van der Waals surface area contributed by atoms with Crippen LogP contribution in [-0.2, 0) is 0 Å². The normalized spacial score (nSPS) is 23.6. The first kappa shape index (κ1) is 10.2. The van der Waals surface area contributed by atoms with Crippen LogP contribution in [0.3, 0.4) is 0 Å². The third kappa shape index (κ3) is 1.94. The fraction of sp³-hybridized carbons (Fsp3) is 0.571. The SMILES string of the molecule is c1ccc2c(c1)NCC2CCNC1CCC1. The molecule has 1 fully saturated rings. The molecule has 1 aromatic rings. The van der Waals surface area contributed by atoms with Gasteiger partial charge in [-0.05, 0) is 37.4 Å². The predicted octanol–water partition coefficient (Wildman–Crippen LogP) is 2.73. The van der Waals surface area contributed by atoms with Gasteiger partial charge in [0.15, 0.2) is 0 Å². The van der Waals surface area contributed by atoms with Crippen LogP contribution >= 0.6 is 0 Å². The Labute approximate surface area is 97.4 Å². The molecule has 1 heterocycles. The third-order valence-corrected chi connectivity index (χ3v) is 3.97. The molecule has 2 heteroatoms. The average molecular weight is 216 g/mol. The number of para-hydroxylation sites is 1. The van der Waals surface area contributed by atoms with Gasteiger partial charge in [0.1, 0.15) is 0 Å². The molecule has 0 radical (unpaired) electrons. The number of rotatable bonds is 4. The van der Waals surface area contributed by atoms with Crippen LogP contribution in [0.15, 0.2) is 24.3 Å². The zero-order valence-electron chi connectivity index (χ0n) is 9.71. The summed E-state index contributed by atoms with van der Waals surface area (Å²) < 4.78 is 0. The molecule has 1 saturated carbocycles. The number of nitrogens with one attached hydrogen (secondary N) is 2. The summed E-state index contributed by atoms with van der Waals surface area (Å²) in [6.07, 6.45) is 5.46. The standard InChI is InChI=1S/C14H20N2/c1-2-7-14-13(6-1)11(10-16-14)8-9-15-12-4-3-5-12/h1-2,6-7,11-12,15-16H,3-5,8-10H2. The average Bonchev–Trinajstić information content (AvgIpc) is 2.65. The minimum absolute atomic E-state index is 0.712. The molecule has 1 aliphatic heterocycles. The fourth-order valence-corrected chi connectivity index (χ4v) is 2.69. The van der Waals surface area contributed by atoms with Gasteiger partial charge in [0.25, 0.3) is 0 Å². The molecule has 3 rings (SSSR count). The van der Waals surface area contributed by atoms with Gasteiger partial charge in [0.2, 0.25) is 0 Å². The summed E-state index contributed by atoms with van der Waals surface area (Å²) in [7, 11) is 0. The highest BCUT2D eigenvalue weighted by Gasteiger charge is 2.22. The second kappa shape index (κ2) is 4.46. The van der Waals surface area contributed by atoms with Crippen molar-refractivity contribution in [2.45, 2.75) is 37.6 Å². The highest BCUT2D eigenvalue weighted by atomic mass is 14.9. The van der Waals surface area contributed by atoms with Crippen molar-refractivity contribution >= 4 is 5.69 Å². The molecule has 16 heavy (non-hydrogen) atoms. The topological polar surface area (TPSA) is 24.1 Å². The lowest BCUT2D eigenvalue weighted by Crippen LogP contribution is -2.36. The highest BCUT2D eigenvalue weighted by molar-refractivity contribution is 5.57. The largest absolute Gasteiger partial charge is 0.384 e. The van der Waals surface area contributed by atoms with Gasteiger partial charge < -0.3 is 10.6 Å². The zero-order chi connectivity index (χ0) is 10.8. The molecule has 0 saturated heterocycles. The number of fused-ring (bicyclic) bond motifs is 1. The first-order chi connectivity index (χ1) is 7.93. The maximum atomic E-state index is 3.65. The van der Waals surface area contributed by atoms with E-state index < -0.39 is 0 Å². The van der Waals surface area contributed by atoms with Crippen LogP contribution in [0.1, 0.15) is 37.2 Å². The van der Waals surface area contributed by atoms with E-state index in [1.165, 1.54) is 43.5 Å². The Morgan fingerprint density at radius 1 is 1.25 bits per heavy atom. The summed E-state index contributed by atoms with van der Waals surface area (Å²) in [4.78, 5) is 0. The van der Waals surface area contributed by atoms with E-state index >= 15 is 0 Å². The van der Waals surface area contributed by atoms with Gasteiger partial charge in [0.05, 0.1) is 0 Å². The monoisotopic (exact) mass is 216 g/mol. The Hall–Kier alpha value is -1.02. The summed E-state index contributed by atoms with van der Waals surface area (Å²) in [6.45, 7) is 2.29. The van der Waals surface area contributed by atoms with Crippen molar-refractivity contribution in [1.29, 1.82) is 0 Å². The number of hydrogen-bond acceptors (Lipinski definition) is 2. The van der Waals surface area contributed by atoms with Crippen molar-refractivity contribution in [2.24, 2.45) is 0 Å². The lowest BCUT2D eigenvalue weighted by molar-refractivity contribution is 0.336. The van der Waals surface area contributed by atoms with Crippen LogP contribution in [0.2, 0.25) is 0 Å². The Kier molecular flexibility index (Phi) is 2.83. The molecule has 1 aliphatic carbocycles. The smallest absolute Gasteiger partial charge is 0.0376 e. The van der Waals surface area contributed by atoms with Crippen molar-refractivity contribution < 1.29 is 0 Å². The molecule has 1 aromatic carbocycles. The quantitative estimate of drug-likeness (QED) is 0.808. The van der Waals surface area contributed by atoms with E-state index in [1.807, 2.05) is 0 Å². The molecule has 1 atom stereocenters. The summed E-state index contributed by atoms with van der Waals surface area (Å²) in [5.74, 6) is 0.712. The van der Waals surface area contributed by atoms with E-state index in [-0.39, 0.29) is 0 Å². The summed E-state index contributed by atoms with van der Waals surface area (Å²) >= 11 is 0. The third-order valence-electron chi connectivity index (χ3n) is 3.97. The molecule has 0 spiro atoms. The van der Waals surface area contributed by atoms with Crippen molar-refractivity contribution in [3.05, 3.63) is 29.8 Å². The fourth-order valence-electron chi connectivity index (χ4n) is 2.69. The Morgan fingerprint density at radius 2 is 2.12 bits per heavy atom. The first-order valence-corrected chi connectivity index (χ1v) is 6.49. The first-order valence-electron chi connectivity index (χ1n) is 6.49. The molecule has 0 amide bonds. The number of benzene rings is 1. The van der Waals surface area contributed by atoms with Gasteiger partial charge in [-0.2, -0.15) is 0 Å². The highest BCUT2D eigenvalue weighted by Crippen LogP contribution is 2.32. The van der Waals surface area contributed by atoms with Crippen LogP contribution in [0.5, 0.6) is 0 Å². The van der Waals surface area contributed by atoms with Crippen molar-refractivity contribution in [3.63, 3.8) is 0 Å². The second-order valence-corrected chi connectivity index (χ2v) is 5.04. The Balaban J connectivity index is 1.52. The molecule has 2 aliphatic rings. The zero-order valence-corrected chi connectivity index (χ0v) is 9.71. The van der Waals surface area contributed by atoms with Gasteiger partial charge >= 0.3 is 0 Å². The minimum atomic E-state index is 0.712. The van der Waals surface area contributed by atoms with Gasteiger partial charge in [0, 0.05) is 24.2 Å². The maximum absolute atomic E-state index is 3.65. The molecule has 1 unspecified atom stereocenters. The molecule has 86 valence electrons. The van der Waals surface area contributed by atoms with Crippen molar-refractivity contribution in [3.8, 4) is 0 Å². The van der Waals surface area contributed by atoms with Crippen LogP contribution < -0.4 is 10.6 Å². The summed E-state index contributed by atoms with van der Waals surface area (Å²) in [5, 5.41) is 7.14. The summed E-state index contributed by atoms with van der Waals surface area (Å²) in [5.41, 5.74) is 2.86. The van der Waals surface area contributed by atoms with E-state index in [2.05, 4.69) is 34.9 Å². The minimum Gasteiger partial charge on any atom is -0.384 e. The maximum Gasteiger partial charge on any atom is 0.0376 e. The molecule has 2 nitrogen and oxygen atoms in total. The van der Waals surface area contributed by atoms with Gasteiger partial charge in [-0.3, -0.25) is 0 Å². The van der Waals surface area contributed by atoms with E-state index in [0.29, 0.717) is 5.92 Å². The van der Waals surface area contributed by atoms with Crippen LogP contribution in [0, 0.1) is 0 Å². The van der Waals surface area contributed by atoms with Crippen LogP contribution in [-0.4, -0.2) is 19.1 Å². The second-order valence-electron chi connectivity index (χ2n) is 5.04. The van der Waals surface area contributed by atoms with Gasteiger partial charge in [-0.25, -0.2) is 0 Å². The van der Waals surface area contributed by atoms with E-state index in [9.17, 15) is 0 Å². The molecule has 0 bridgehead atoms.